The Bertz CT molecular complexity index is 445. The van der Waals surface area contributed by atoms with Gasteiger partial charge in [-0.05, 0) is 48.9 Å². The van der Waals surface area contributed by atoms with Gasteiger partial charge in [-0.15, -0.1) is 0 Å². The molecule has 1 aromatic carbocycles. The normalized spacial score (nSPS) is 10.4. The van der Waals surface area contributed by atoms with Gasteiger partial charge in [-0.2, -0.15) is 0 Å². The predicted octanol–water partition coefficient (Wildman–Crippen LogP) is 3.39. The highest BCUT2D eigenvalue weighted by molar-refractivity contribution is 5.98. The number of carbonyl (C=O) groups is 2. The van der Waals surface area contributed by atoms with Crippen molar-refractivity contribution in [2.45, 2.75) is 47.0 Å². The molecule has 0 saturated heterocycles. The summed E-state index contributed by atoms with van der Waals surface area (Å²) in [5.74, 6) is 0.0438. The zero-order chi connectivity index (χ0) is 13.0. The van der Waals surface area contributed by atoms with E-state index in [9.17, 15) is 9.59 Å². The van der Waals surface area contributed by atoms with Crippen molar-refractivity contribution < 1.29 is 9.59 Å². The van der Waals surface area contributed by atoms with Crippen molar-refractivity contribution in [1.82, 2.24) is 0 Å². The average Bonchev–Trinajstić information content (AvgIpc) is 2.35. The Kier molecular flexibility index (Phi) is 4.62. The topological polar surface area (TPSA) is 34.1 Å². The van der Waals surface area contributed by atoms with Gasteiger partial charge in [0.1, 0.15) is 6.29 Å². The van der Waals surface area contributed by atoms with Crippen LogP contribution in [-0.4, -0.2) is 12.1 Å². The van der Waals surface area contributed by atoms with Crippen LogP contribution in [0.4, 0.5) is 0 Å². The second-order valence-electron chi connectivity index (χ2n) is 4.18. The molecule has 2 nitrogen and oxygen atoms in total. The second-order valence-corrected chi connectivity index (χ2v) is 4.18. The van der Waals surface area contributed by atoms with Crippen molar-refractivity contribution in [3.8, 4) is 0 Å². The molecular formula is C15H20O2. The Hall–Kier alpha value is -1.44. The lowest BCUT2D eigenvalue weighted by atomic mass is 9.87. The molecule has 0 spiro atoms. The van der Waals surface area contributed by atoms with Crippen LogP contribution in [0.3, 0.4) is 0 Å². The van der Waals surface area contributed by atoms with Gasteiger partial charge in [0, 0.05) is 11.1 Å². The number of benzene rings is 1. The highest BCUT2D eigenvalue weighted by atomic mass is 16.1. The van der Waals surface area contributed by atoms with Crippen molar-refractivity contribution in [1.29, 1.82) is 0 Å². The molecule has 0 amide bonds. The first kappa shape index (κ1) is 13.6. The second kappa shape index (κ2) is 5.76. The Balaban J connectivity index is 3.66. The van der Waals surface area contributed by atoms with E-state index in [0.717, 1.165) is 36.7 Å². The first-order valence-electron chi connectivity index (χ1n) is 6.24. The highest BCUT2D eigenvalue weighted by Gasteiger charge is 2.16. The van der Waals surface area contributed by atoms with Gasteiger partial charge in [-0.25, -0.2) is 0 Å². The first-order chi connectivity index (χ1) is 8.10. The predicted molar refractivity (Wildman–Crippen MR) is 70.0 cm³/mol. The van der Waals surface area contributed by atoms with Crippen molar-refractivity contribution in [2.24, 2.45) is 0 Å². The molecule has 0 saturated carbocycles. The van der Waals surface area contributed by atoms with E-state index < -0.39 is 0 Å². The Morgan fingerprint density at radius 2 is 1.59 bits per heavy atom. The van der Waals surface area contributed by atoms with E-state index in [4.69, 9.17) is 0 Å². The summed E-state index contributed by atoms with van der Waals surface area (Å²) in [5, 5.41) is 0. The monoisotopic (exact) mass is 232 g/mol. The van der Waals surface area contributed by atoms with Gasteiger partial charge in [-0.1, -0.05) is 20.8 Å². The lowest BCUT2D eigenvalue weighted by Crippen LogP contribution is -2.09. The van der Waals surface area contributed by atoms with Crippen LogP contribution in [0.1, 0.15) is 65.1 Å². The van der Waals surface area contributed by atoms with E-state index in [2.05, 4.69) is 13.8 Å². The molecule has 0 heterocycles. The smallest absolute Gasteiger partial charge is 0.160 e. The summed E-state index contributed by atoms with van der Waals surface area (Å²) in [6.45, 7) is 7.75. The van der Waals surface area contributed by atoms with Gasteiger partial charge in [-0.3, -0.25) is 9.59 Å². The highest BCUT2D eigenvalue weighted by Crippen LogP contribution is 2.25. The van der Waals surface area contributed by atoms with E-state index in [-0.39, 0.29) is 5.78 Å². The molecule has 0 aliphatic rings. The van der Waals surface area contributed by atoms with E-state index >= 15 is 0 Å². The van der Waals surface area contributed by atoms with Gasteiger partial charge in [0.25, 0.3) is 0 Å². The number of hydrogen-bond donors (Lipinski definition) is 0. The van der Waals surface area contributed by atoms with Crippen LogP contribution in [0.5, 0.6) is 0 Å². The molecule has 0 fully saturated rings. The fourth-order valence-electron chi connectivity index (χ4n) is 2.52. The third kappa shape index (κ3) is 2.46. The molecule has 0 aliphatic carbocycles. The Morgan fingerprint density at radius 3 is 1.94 bits per heavy atom. The molecule has 0 aliphatic heterocycles. The van der Waals surface area contributed by atoms with E-state index in [1.807, 2.05) is 6.92 Å². The van der Waals surface area contributed by atoms with Gasteiger partial charge in [0.2, 0.25) is 0 Å². The third-order valence-corrected chi connectivity index (χ3v) is 3.27. The average molecular weight is 232 g/mol. The maximum Gasteiger partial charge on any atom is 0.160 e. The minimum absolute atomic E-state index is 0.0438. The minimum atomic E-state index is 0.0438. The first-order valence-corrected chi connectivity index (χ1v) is 6.24. The van der Waals surface area contributed by atoms with Gasteiger partial charge >= 0.3 is 0 Å². The molecule has 0 bridgehead atoms. The Morgan fingerprint density at radius 1 is 1.06 bits per heavy atom. The minimum Gasteiger partial charge on any atom is -0.298 e. The number of carbonyl (C=O) groups excluding carboxylic acids is 2. The van der Waals surface area contributed by atoms with Crippen LogP contribution in [0.15, 0.2) is 6.07 Å². The third-order valence-electron chi connectivity index (χ3n) is 3.27. The zero-order valence-electron chi connectivity index (χ0n) is 11.1. The van der Waals surface area contributed by atoms with Gasteiger partial charge in [0.15, 0.2) is 5.78 Å². The van der Waals surface area contributed by atoms with E-state index in [0.29, 0.717) is 11.1 Å². The largest absolute Gasteiger partial charge is 0.298 e. The molecule has 1 rings (SSSR count). The summed E-state index contributed by atoms with van der Waals surface area (Å²) in [6.07, 6.45) is 3.41. The SMILES string of the molecule is CCc1c(C=O)cc(C(C)=O)c(CC)c1CC. The fourth-order valence-corrected chi connectivity index (χ4v) is 2.52. The summed E-state index contributed by atoms with van der Waals surface area (Å²) in [5.41, 5.74) is 4.78. The fraction of sp³-hybridized carbons (Fsp3) is 0.467. The molecule has 0 N–H and O–H groups in total. The standard InChI is InChI=1S/C15H20O2/c1-5-12-11(9-16)8-15(10(4)17)14(7-3)13(12)6-2/h8-9H,5-7H2,1-4H3. The zero-order valence-corrected chi connectivity index (χ0v) is 11.1. The lowest BCUT2D eigenvalue weighted by Gasteiger charge is -2.17. The van der Waals surface area contributed by atoms with E-state index in [1.54, 1.807) is 13.0 Å². The number of ketones is 1. The summed E-state index contributed by atoms with van der Waals surface area (Å²) in [4.78, 5) is 22.8. The van der Waals surface area contributed by atoms with Crippen LogP contribution in [0.25, 0.3) is 0 Å². The van der Waals surface area contributed by atoms with Gasteiger partial charge in [0.05, 0.1) is 0 Å². The van der Waals surface area contributed by atoms with Crippen molar-refractivity contribution >= 4 is 12.1 Å². The van der Waals surface area contributed by atoms with Gasteiger partial charge < -0.3 is 0 Å². The van der Waals surface area contributed by atoms with Crippen molar-refractivity contribution in [3.63, 3.8) is 0 Å². The summed E-state index contributed by atoms with van der Waals surface area (Å²) < 4.78 is 0. The van der Waals surface area contributed by atoms with Crippen LogP contribution in [-0.2, 0) is 19.3 Å². The molecule has 2 heteroatoms. The summed E-state index contributed by atoms with van der Waals surface area (Å²) in [7, 11) is 0. The Labute approximate surface area is 103 Å². The molecule has 92 valence electrons. The molecule has 0 atom stereocenters. The van der Waals surface area contributed by atoms with Crippen LogP contribution in [0.2, 0.25) is 0 Å². The molecule has 1 aromatic rings. The molecule has 17 heavy (non-hydrogen) atoms. The van der Waals surface area contributed by atoms with Crippen LogP contribution < -0.4 is 0 Å². The summed E-state index contributed by atoms with van der Waals surface area (Å²) in [6, 6.07) is 1.76. The van der Waals surface area contributed by atoms with Crippen molar-refractivity contribution in [2.75, 3.05) is 0 Å². The maximum atomic E-state index is 11.6. The lowest BCUT2D eigenvalue weighted by molar-refractivity contribution is 0.101. The quantitative estimate of drug-likeness (QED) is 0.576. The molecule has 0 unspecified atom stereocenters. The number of Topliss-reactive ketones (excluding diaryl/α,β-unsaturated/α-hetero) is 1. The number of aldehydes is 1. The summed E-state index contributed by atoms with van der Waals surface area (Å²) >= 11 is 0. The van der Waals surface area contributed by atoms with Crippen LogP contribution in [0, 0.1) is 0 Å². The molecule has 0 radical (unpaired) electrons. The maximum absolute atomic E-state index is 11.6. The van der Waals surface area contributed by atoms with Crippen LogP contribution >= 0.6 is 0 Å². The van der Waals surface area contributed by atoms with E-state index in [1.165, 1.54) is 5.56 Å². The van der Waals surface area contributed by atoms with Crippen molar-refractivity contribution in [3.05, 3.63) is 33.9 Å². The number of rotatable bonds is 5. The number of hydrogen-bond acceptors (Lipinski definition) is 2. The molecule has 0 aromatic heterocycles. The molecular weight excluding hydrogens is 212 g/mol.